The van der Waals surface area contributed by atoms with Crippen LogP contribution in [-0.4, -0.2) is 39.1 Å². The number of phenols is 1. The van der Waals surface area contributed by atoms with E-state index in [1.165, 1.54) is 19.9 Å². The molecule has 0 aliphatic carbocycles. The highest BCUT2D eigenvalue weighted by Gasteiger charge is 2.41. The van der Waals surface area contributed by atoms with Crippen molar-refractivity contribution in [3.05, 3.63) is 46.1 Å². The molecule has 2 heterocycles. The average Bonchev–Trinajstić information content (AvgIpc) is 3.08. The van der Waals surface area contributed by atoms with E-state index in [-0.39, 0.29) is 23.2 Å². The average molecular weight is 383 g/mol. The highest BCUT2D eigenvalue weighted by molar-refractivity contribution is 5.99. The van der Waals surface area contributed by atoms with Gasteiger partial charge in [-0.1, -0.05) is 12.1 Å². The maximum atomic E-state index is 13.0. The van der Waals surface area contributed by atoms with Crippen LogP contribution < -0.4 is 10.2 Å². The lowest BCUT2D eigenvalue weighted by Crippen LogP contribution is -2.46. The number of phenolic OH excluding ortho intramolecular Hbond substituents is 1. The van der Waals surface area contributed by atoms with Crippen molar-refractivity contribution in [3.8, 4) is 11.5 Å². The van der Waals surface area contributed by atoms with E-state index in [9.17, 15) is 19.8 Å². The van der Waals surface area contributed by atoms with Crippen molar-refractivity contribution in [2.75, 3.05) is 6.61 Å². The summed E-state index contributed by atoms with van der Waals surface area (Å²) in [5.41, 5.74) is 0.361. The highest BCUT2D eigenvalue weighted by atomic mass is 16.6. The van der Waals surface area contributed by atoms with Crippen molar-refractivity contribution >= 4 is 27.8 Å². The summed E-state index contributed by atoms with van der Waals surface area (Å²) < 4.78 is 12.7. The topological polar surface area (TPSA) is 98.0 Å². The van der Waals surface area contributed by atoms with Crippen LogP contribution in [0.3, 0.4) is 0 Å². The fraction of sp³-hybridized carbons (Fsp3) is 0.333. The quantitative estimate of drug-likeness (QED) is 0.530. The minimum absolute atomic E-state index is 0.166. The van der Waals surface area contributed by atoms with Crippen LogP contribution in [0.1, 0.15) is 19.4 Å². The number of aliphatic hydroxyl groups is 1. The minimum atomic E-state index is -1.43. The Labute approximate surface area is 160 Å². The maximum absolute atomic E-state index is 13.0. The van der Waals surface area contributed by atoms with E-state index in [1.54, 1.807) is 12.1 Å². The number of esters is 1. The molecule has 4 rings (SSSR count). The molecule has 0 saturated carbocycles. The van der Waals surface area contributed by atoms with Gasteiger partial charge in [0.25, 0.3) is 0 Å². The standard InChI is InChI=1S/C21H21NO6/c1-11(23)27-10-21(2,26)17-8-13-16(28-17)9-15(24)18-19(13)22(3)14-7-5-4-6-12(14)20(18)25/h4-7,9,17,24,26H,8,10H2,1-3H3/t17-,21-/m0/s1. The minimum Gasteiger partial charge on any atom is -0.507 e. The molecule has 0 amide bonds. The van der Waals surface area contributed by atoms with Gasteiger partial charge in [0.05, 0.1) is 16.4 Å². The fourth-order valence-electron chi connectivity index (χ4n) is 3.85. The number of fused-ring (bicyclic) bond motifs is 4. The number of aromatic hydroxyl groups is 1. The first-order valence-electron chi connectivity index (χ1n) is 8.99. The van der Waals surface area contributed by atoms with Gasteiger partial charge in [-0.3, -0.25) is 9.59 Å². The smallest absolute Gasteiger partial charge is 0.302 e. The Hall–Kier alpha value is -3.06. The Kier molecular flexibility index (Phi) is 4.08. The van der Waals surface area contributed by atoms with E-state index >= 15 is 0 Å². The number of aryl methyl sites for hydroxylation is 1. The molecule has 0 spiro atoms. The number of carbonyl (C=O) groups is 1. The zero-order valence-corrected chi connectivity index (χ0v) is 15.9. The molecule has 3 aromatic rings. The molecule has 2 atom stereocenters. The van der Waals surface area contributed by atoms with Gasteiger partial charge in [0.2, 0.25) is 5.43 Å². The Morgan fingerprint density at radius 2 is 2.11 bits per heavy atom. The van der Waals surface area contributed by atoms with Gasteiger partial charge in [0, 0.05) is 37.4 Å². The molecule has 0 fully saturated rings. The van der Waals surface area contributed by atoms with Gasteiger partial charge in [-0.05, 0) is 19.1 Å². The largest absolute Gasteiger partial charge is 0.507 e. The highest BCUT2D eigenvalue weighted by Crippen LogP contribution is 2.41. The Morgan fingerprint density at radius 3 is 2.82 bits per heavy atom. The Balaban J connectivity index is 1.89. The monoisotopic (exact) mass is 383 g/mol. The number of benzene rings is 2. The summed E-state index contributed by atoms with van der Waals surface area (Å²) in [5, 5.41) is 22.0. The van der Waals surface area contributed by atoms with Crippen molar-refractivity contribution in [1.29, 1.82) is 0 Å². The molecule has 7 heteroatoms. The zero-order valence-electron chi connectivity index (χ0n) is 15.9. The molecule has 1 aliphatic heterocycles. The number of ether oxygens (including phenoxy) is 2. The van der Waals surface area contributed by atoms with E-state index in [0.29, 0.717) is 23.1 Å². The number of pyridine rings is 1. The van der Waals surface area contributed by atoms with Gasteiger partial charge in [-0.25, -0.2) is 0 Å². The summed E-state index contributed by atoms with van der Waals surface area (Å²) in [4.78, 5) is 24.1. The summed E-state index contributed by atoms with van der Waals surface area (Å²) in [6, 6.07) is 8.62. The second kappa shape index (κ2) is 6.24. The van der Waals surface area contributed by atoms with Gasteiger partial charge < -0.3 is 24.3 Å². The molecular formula is C21H21NO6. The summed E-state index contributed by atoms with van der Waals surface area (Å²) in [6.07, 6.45) is -0.375. The first kappa shape index (κ1) is 18.3. The lowest BCUT2D eigenvalue weighted by molar-refractivity contribution is -0.153. The van der Waals surface area contributed by atoms with Crippen LogP contribution >= 0.6 is 0 Å². The van der Waals surface area contributed by atoms with Crippen LogP contribution in [0.15, 0.2) is 35.1 Å². The van der Waals surface area contributed by atoms with Gasteiger partial charge in [-0.2, -0.15) is 0 Å². The maximum Gasteiger partial charge on any atom is 0.302 e. The molecule has 7 nitrogen and oxygen atoms in total. The summed E-state index contributed by atoms with van der Waals surface area (Å²) in [7, 11) is 1.83. The van der Waals surface area contributed by atoms with Crippen LogP contribution in [0.25, 0.3) is 21.8 Å². The molecule has 1 aliphatic rings. The van der Waals surface area contributed by atoms with Crippen LogP contribution in [0.2, 0.25) is 0 Å². The van der Waals surface area contributed by atoms with Gasteiger partial charge in [-0.15, -0.1) is 0 Å². The lowest BCUT2D eigenvalue weighted by atomic mass is 9.94. The Morgan fingerprint density at radius 1 is 1.39 bits per heavy atom. The van der Waals surface area contributed by atoms with E-state index in [0.717, 1.165) is 11.1 Å². The third-order valence-corrected chi connectivity index (χ3v) is 5.34. The van der Waals surface area contributed by atoms with Crippen molar-refractivity contribution in [2.24, 2.45) is 7.05 Å². The molecular weight excluding hydrogens is 362 g/mol. The zero-order chi connectivity index (χ0) is 20.2. The number of rotatable bonds is 3. The summed E-state index contributed by atoms with van der Waals surface area (Å²) >= 11 is 0. The van der Waals surface area contributed by atoms with Crippen LogP contribution in [0.4, 0.5) is 0 Å². The normalized spacial score (nSPS) is 17.9. The molecule has 1 aromatic heterocycles. The van der Waals surface area contributed by atoms with E-state index < -0.39 is 17.7 Å². The van der Waals surface area contributed by atoms with Crippen LogP contribution in [0, 0.1) is 0 Å². The first-order chi connectivity index (χ1) is 13.2. The van der Waals surface area contributed by atoms with Crippen LogP contribution in [0.5, 0.6) is 11.5 Å². The van der Waals surface area contributed by atoms with Crippen LogP contribution in [-0.2, 0) is 23.0 Å². The number of hydrogen-bond acceptors (Lipinski definition) is 6. The second-order valence-electron chi connectivity index (χ2n) is 7.45. The number of para-hydroxylation sites is 1. The van der Waals surface area contributed by atoms with Gasteiger partial charge in [0.1, 0.15) is 29.8 Å². The molecule has 146 valence electrons. The first-order valence-corrected chi connectivity index (χ1v) is 8.99. The van der Waals surface area contributed by atoms with E-state index in [2.05, 4.69) is 0 Å². The van der Waals surface area contributed by atoms with Crippen molar-refractivity contribution in [1.82, 2.24) is 4.57 Å². The van der Waals surface area contributed by atoms with Crippen molar-refractivity contribution < 1.29 is 24.5 Å². The van der Waals surface area contributed by atoms with Crippen molar-refractivity contribution in [3.63, 3.8) is 0 Å². The SMILES string of the molecule is CC(=O)OC[C@](C)(O)[C@@H]1Cc2c(cc(O)c3c(=O)c4ccccc4n(C)c23)O1. The van der Waals surface area contributed by atoms with Crippen molar-refractivity contribution in [2.45, 2.75) is 32.0 Å². The second-order valence-corrected chi connectivity index (χ2v) is 7.45. The molecule has 0 bridgehead atoms. The molecule has 0 saturated heterocycles. The number of nitrogens with zero attached hydrogens (tertiary/aromatic N) is 1. The van der Waals surface area contributed by atoms with E-state index in [1.807, 2.05) is 23.7 Å². The molecule has 2 N–H and O–H groups in total. The molecule has 0 unspecified atom stereocenters. The lowest BCUT2D eigenvalue weighted by Gasteiger charge is -2.28. The molecule has 2 aromatic carbocycles. The third-order valence-electron chi connectivity index (χ3n) is 5.34. The number of carbonyl (C=O) groups excluding carboxylic acids is 1. The molecule has 28 heavy (non-hydrogen) atoms. The predicted octanol–water partition coefficient (Wildman–Crippen LogP) is 2.01. The molecule has 0 radical (unpaired) electrons. The summed E-state index contributed by atoms with van der Waals surface area (Å²) in [6.45, 7) is 2.59. The van der Waals surface area contributed by atoms with E-state index in [4.69, 9.17) is 9.47 Å². The fourth-order valence-corrected chi connectivity index (χ4v) is 3.85. The van der Waals surface area contributed by atoms with Gasteiger partial charge >= 0.3 is 5.97 Å². The Bertz CT molecular complexity index is 1180. The van der Waals surface area contributed by atoms with Gasteiger partial charge in [0.15, 0.2) is 0 Å². The number of aromatic nitrogens is 1. The predicted molar refractivity (Wildman–Crippen MR) is 104 cm³/mol. The third kappa shape index (κ3) is 2.70. The number of hydrogen-bond donors (Lipinski definition) is 2. The summed E-state index contributed by atoms with van der Waals surface area (Å²) in [5.74, 6) is -0.253.